The Labute approximate surface area is 164 Å². The fourth-order valence-corrected chi connectivity index (χ4v) is 3.12. The molecular formula is C21H27N3O4. The van der Waals surface area contributed by atoms with E-state index in [4.69, 9.17) is 4.74 Å². The van der Waals surface area contributed by atoms with Crippen LogP contribution in [-0.4, -0.2) is 29.2 Å². The van der Waals surface area contributed by atoms with E-state index in [-0.39, 0.29) is 24.0 Å². The van der Waals surface area contributed by atoms with Gasteiger partial charge in [-0.2, -0.15) is 0 Å². The summed E-state index contributed by atoms with van der Waals surface area (Å²) in [6.07, 6.45) is 0. The second-order valence-electron chi connectivity index (χ2n) is 7.17. The minimum atomic E-state index is -0.528. The molecule has 2 amide bonds. The molecule has 0 radical (unpaired) electrons. The molecule has 3 N–H and O–H groups in total. The van der Waals surface area contributed by atoms with Crippen molar-refractivity contribution in [2.24, 2.45) is 0 Å². The summed E-state index contributed by atoms with van der Waals surface area (Å²) in [6, 6.07) is 5.87. The average Bonchev–Trinajstić information content (AvgIpc) is 2.92. The lowest BCUT2D eigenvalue weighted by molar-refractivity contribution is -0.123. The van der Waals surface area contributed by atoms with Gasteiger partial charge in [-0.15, -0.1) is 0 Å². The van der Waals surface area contributed by atoms with Gasteiger partial charge in [0.15, 0.2) is 12.4 Å². The number of aromatic nitrogens is 1. The van der Waals surface area contributed by atoms with E-state index in [2.05, 4.69) is 15.8 Å². The number of carbonyl (C=O) groups excluding carboxylic acids is 3. The minimum Gasteiger partial charge on any atom is -0.483 e. The van der Waals surface area contributed by atoms with Crippen molar-refractivity contribution >= 4 is 17.6 Å². The summed E-state index contributed by atoms with van der Waals surface area (Å²) in [4.78, 5) is 38.9. The lowest BCUT2D eigenvalue weighted by Gasteiger charge is -2.15. The molecule has 1 aromatic heterocycles. The number of H-pyrrole nitrogens is 1. The van der Waals surface area contributed by atoms with E-state index in [1.54, 1.807) is 13.8 Å². The van der Waals surface area contributed by atoms with Crippen molar-refractivity contribution in [3.05, 3.63) is 51.8 Å². The van der Waals surface area contributed by atoms with Gasteiger partial charge in [-0.25, -0.2) is 0 Å². The van der Waals surface area contributed by atoms with Gasteiger partial charge in [0.25, 0.3) is 11.8 Å². The molecule has 0 saturated heterocycles. The van der Waals surface area contributed by atoms with Crippen LogP contribution >= 0.6 is 0 Å². The van der Waals surface area contributed by atoms with Crippen LogP contribution in [0.4, 0.5) is 0 Å². The molecule has 0 aliphatic carbocycles. The Morgan fingerprint density at radius 1 is 1.11 bits per heavy atom. The molecule has 2 aromatic rings. The lowest BCUT2D eigenvalue weighted by atomic mass is 10.0. The van der Waals surface area contributed by atoms with Crippen LogP contribution < -0.4 is 15.6 Å². The molecule has 0 atom stereocenters. The summed E-state index contributed by atoms with van der Waals surface area (Å²) in [5, 5.41) is 0. The number of ether oxygens (including phenoxy) is 1. The Balaban J connectivity index is 1.97. The third-order valence-corrected chi connectivity index (χ3v) is 4.48. The van der Waals surface area contributed by atoms with Gasteiger partial charge in [0.05, 0.1) is 0 Å². The number of carbonyl (C=O) groups is 3. The van der Waals surface area contributed by atoms with Crippen molar-refractivity contribution < 1.29 is 19.1 Å². The third-order valence-electron chi connectivity index (χ3n) is 4.48. The zero-order chi connectivity index (χ0) is 21.0. The zero-order valence-electron chi connectivity index (χ0n) is 17.1. The molecule has 1 heterocycles. The van der Waals surface area contributed by atoms with Crippen molar-refractivity contribution in [1.82, 2.24) is 15.8 Å². The number of ketones is 1. The first-order chi connectivity index (χ1) is 13.1. The number of hydrazine groups is 1. The Kier molecular flexibility index (Phi) is 6.62. The summed E-state index contributed by atoms with van der Waals surface area (Å²) >= 11 is 0. The smallest absolute Gasteiger partial charge is 0.286 e. The molecule has 0 aliphatic heterocycles. The van der Waals surface area contributed by atoms with Gasteiger partial charge in [-0.05, 0) is 56.4 Å². The quantitative estimate of drug-likeness (QED) is 0.525. The highest BCUT2D eigenvalue weighted by atomic mass is 16.5. The molecule has 0 aliphatic rings. The zero-order valence-corrected chi connectivity index (χ0v) is 17.1. The monoisotopic (exact) mass is 385 g/mol. The van der Waals surface area contributed by atoms with E-state index in [0.29, 0.717) is 22.6 Å². The van der Waals surface area contributed by atoms with E-state index in [9.17, 15) is 14.4 Å². The molecule has 1 aromatic carbocycles. The van der Waals surface area contributed by atoms with Gasteiger partial charge in [-0.3, -0.25) is 25.2 Å². The third kappa shape index (κ3) is 4.79. The van der Waals surface area contributed by atoms with Crippen molar-refractivity contribution in [3.8, 4) is 5.75 Å². The number of Topliss-reactive ketones (excluding diaryl/α,β-unsaturated/α-hetero) is 1. The summed E-state index contributed by atoms with van der Waals surface area (Å²) in [6.45, 7) is 10.7. The summed E-state index contributed by atoms with van der Waals surface area (Å²) in [5.41, 5.74) is 8.61. The molecular weight excluding hydrogens is 358 g/mol. The first-order valence-corrected chi connectivity index (χ1v) is 9.14. The number of nitrogens with one attached hydrogen (secondary N) is 3. The van der Waals surface area contributed by atoms with E-state index in [1.165, 1.54) is 6.92 Å². The second kappa shape index (κ2) is 8.73. The first kappa shape index (κ1) is 21.2. The van der Waals surface area contributed by atoms with Crippen LogP contribution in [0.3, 0.4) is 0 Å². The molecule has 150 valence electrons. The number of aromatic amines is 1. The van der Waals surface area contributed by atoms with E-state index < -0.39 is 11.8 Å². The van der Waals surface area contributed by atoms with Gasteiger partial charge in [0.1, 0.15) is 11.4 Å². The number of benzene rings is 1. The summed E-state index contributed by atoms with van der Waals surface area (Å²) in [7, 11) is 0. The predicted molar refractivity (Wildman–Crippen MR) is 107 cm³/mol. The van der Waals surface area contributed by atoms with Crippen molar-refractivity contribution in [1.29, 1.82) is 0 Å². The molecule has 2 rings (SSSR count). The van der Waals surface area contributed by atoms with Crippen LogP contribution in [0.5, 0.6) is 5.75 Å². The van der Waals surface area contributed by atoms with Crippen LogP contribution in [0.1, 0.15) is 69.9 Å². The molecule has 0 unspecified atom stereocenters. The maximum Gasteiger partial charge on any atom is 0.286 e. The second-order valence-corrected chi connectivity index (χ2v) is 7.17. The van der Waals surface area contributed by atoms with E-state index in [1.807, 2.05) is 39.0 Å². The first-order valence-electron chi connectivity index (χ1n) is 9.14. The molecule has 0 spiro atoms. The predicted octanol–water partition coefficient (Wildman–Crippen LogP) is 3.11. The fraction of sp³-hybridized carbons (Fsp3) is 0.381. The van der Waals surface area contributed by atoms with Gasteiger partial charge < -0.3 is 9.72 Å². The topological polar surface area (TPSA) is 100 Å². The number of hydrogen-bond donors (Lipinski definition) is 3. The largest absolute Gasteiger partial charge is 0.483 e. The van der Waals surface area contributed by atoms with Crippen molar-refractivity contribution in [2.75, 3.05) is 6.61 Å². The normalized spacial score (nSPS) is 10.7. The van der Waals surface area contributed by atoms with Gasteiger partial charge >= 0.3 is 0 Å². The van der Waals surface area contributed by atoms with Crippen LogP contribution in [0, 0.1) is 20.8 Å². The molecule has 0 saturated carbocycles. The fourth-order valence-electron chi connectivity index (χ4n) is 3.12. The van der Waals surface area contributed by atoms with Crippen LogP contribution in [-0.2, 0) is 4.79 Å². The van der Waals surface area contributed by atoms with Gasteiger partial charge in [-0.1, -0.05) is 26.0 Å². The van der Waals surface area contributed by atoms with E-state index in [0.717, 1.165) is 11.1 Å². The Morgan fingerprint density at radius 3 is 2.36 bits per heavy atom. The Morgan fingerprint density at radius 2 is 1.79 bits per heavy atom. The number of rotatable bonds is 6. The van der Waals surface area contributed by atoms with Gasteiger partial charge in [0.2, 0.25) is 0 Å². The highest BCUT2D eigenvalue weighted by Crippen LogP contribution is 2.27. The van der Waals surface area contributed by atoms with Crippen LogP contribution in [0.25, 0.3) is 0 Å². The number of aryl methyl sites for hydroxylation is 2. The Bertz CT molecular complexity index is 913. The molecule has 28 heavy (non-hydrogen) atoms. The summed E-state index contributed by atoms with van der Waals surface area (Å²) < 4.78 is 5.64. The van der Waals surface area contributed by atoms with Gasteiger partial charge in [0, 0.05) is 11.3 Å². The highest BCUT2D eigenvalue weighted by Gasteiger charge is 2.20. The molecule has 7 heteroatoms. The number of hydrogen-bond acceptors (Lipinski definition) is 4. The lowest BCUT2D eigenvalue weighted by Crippen LogP contribution is -2.44. The maximum absolute atomic E-state index is 12.3. The molecule has 7 nitrogen and oxygen atoms in total. The Hall–Kier alpha value is -3.09. The number of amides is 2. The highest BCUT2D eigenvalue weighted by molar-refractivity contribution is 6.02. The maximum atomic E-state index is 12.3. The SMILES string of the molecule is CC(=O)c1c(C)[nH]c(C(=O)NNC(=O)COc2cc(C)ccc2C(C)C)c1C. The minimum absolute atomic E-state index is 0.123. The molecule has 0 fully saturated rings. The average molecular weight is 385 g/mol. The van der Waals surface area contributed by atoms with Crippen molar-refractivity contribution in [2.45, 2.75) is 47.5 Å². The molecule has 0 bridgehead atoms. The van der Waals surface area contributed by atoms with E-state index >= 15 is 0 Å². The standard InChI is InChI=1S/C21H27N3O4/c1-11(2)16-8-7-12(3)9-17(16)28-10-18(26)23-24-21(27)20-13(4)19(15(6)25)14(5)22-20/h7-9,11,22H,10H2,1-6H3,(H,23,26)(H,24,27). The summed E-state index contributed by atoms with van der Waals surface area (Å²) in [5.74, 6) is -0.231. The van der Waals surface area contributed by atoms with Crippen LogP contribution in [0.2, 0.25) is 0 Å². The van der Waals surface area contributed by atoms with Crippen molar-refractivity contribution in [3.63, 3.8) is 0 Å². The van der Waals surface area contributed by atoms with Crippen LogP contribution in [0.15, 0.2) is 18.2 Å².